The van der Waals surface area contributed by atoms with E-state index in [9.17, 15) is 8.42 Å². The van der Waals surface area contributed by atoms with Crippen molar-refractivity contribution in [2.45, 2.75) is 6.92 Å². The monoisotopic (exact) mass is 399 g/mol. The number of anilines is 1. The molecule has 1 aromatic rings. The van der Waals surface area contributed by atoms with Crippen LogP contribution in [0.15, 0.2) is 29.4 Å². The van der Waals surface area contributed by atoms with Gasteiger partial charge in [-0.25, -0.2) is 18.1 Å². The lowest BCUT2D eigenvalue weighted by Crippen LogP contribution is -2.29. The number of pyridine rings is 1. The summed E-state index contributed by atoms with van der Waals surface area (Å²) in [6, 6.07) is 5.36. The summed E-state index contributed by atoms with van der Waals surface area (Å²) in [5.74, 6) is 0.843. The number of rotatable bonds is 6. The molecule has 0 saturated carbocycles. The Morgan fingerprint density at radius 2 is 2.21 bits per heavy atom. The second-order valence-corrected chi connectivity index (χ2v) is 5.50. The van der Waals surface area contributed by atoms with Gasteiger partial charge in [0.2, 0.25) is 10.0 Å². The molecule has 0 saturated heterocycles. The van der Waals surface area contributed by atoms with Crippen LogP contribution >= 0.6 is 24.0 Å². The first-order valence-electron chi connectivity index (χ1n) is 5.49. The summed E-state index contributed by atoms with van der Waals surface area (Å²) in [6.07, 6.45) is 1.63. The zero-order chi connectivity index (χ0) is 13.4. The lowest BCUT2D eigenvalue weighted by atomic mass is 10.5. The molecule has 1 aromatic heterocycles. The molecule has 0 unspecified atom stereocenters. The number of nitrogens with zero attached hydrogens (tertiary/aromatic N) is 2. The zero-order valence-corrected chi connectivity index (χ0v) is 13.7. The summed E-state index contributed by atoms with van der Waals surface area (Å²) >= 11 is 0. The predicted octanol–water partition coefficient (Wildman–Crippen LogP) is 0.365. The fourth-order valence-electron chi connectivity index (χ4n) is 1.09. The first-order valence-corrected chi connectivity index (χ1v) is 7.14. The number of hydrogen-bond acceptors (Lipinski definition) is 4. The van der Waals surface area contributed by atoms with Crippen LogP contribution in [0.4, 0.5) is 5.82 Å². The van der Waals surface area contributed by atoms with Crippen LogP contribution in [0.25, 0.3) is 0 Å². The van der Waals surface area contributed by atoms with Gasteiger partial charge in [-0.15, -0.1) is 24.0 Å². The van der Waals surface area contributed by atoms with E-state index in [-0.39, 0.29) is 48.8 Å². The van der Waals surface area contributed by atoms with E-state index in [0.29, 0.717) is 5.82 Å². The molecule has 1 heterocycles. The molecule has 0 aliphatic rings. The number of hydrogen-bond donors (Lipinski definition) is 3. The smallest absolute Gasteiger partial charge is 0.211 e. The molecule has 0 aliphatic heterocycles. The quantitative estimate of drug-likeness (QED) is 0.277. The fourth-order valence-corrected chi connectivity index (χ4v) is 1.69. The first-order chi connectivity index (χ1) is 8.53. The summed E-state index contributed by atoms with van der Waals surface area (Å²) in [5.41, 5.74) is 5.61. The van der Waals surface area contributed by atoms with Crippen LogP contribution in [-0.4, -0.2) is 38.2 Å². The molecule has 9 heteroatoms. The van der Waals surface area contributed by atoms with Gasteiger partial charge in [-0.1, -0.05) is 6.07 Å². The highest BCUT2D eigenvalue weighted by atomic mass is 127. The van der Waals surface area contributed by atoms with Gasteiger partial charge in [0.05, 0.1) is 12.3 Å². The normalized spacial score (nSPS) is 11.7. The highest BCUT2D eigenvalue weighted by Crippen LogP contribution is 1.98. The van der Waals surface area contributed by atoms with Crippen molar-refractivity contribution in [3.63, 3.8) is 0 Å². The van der Waals surface area contributed by atoms with Crippen LogP contribution < -0.4 is 15.8 Å². The highest BCUT2D eigenvalue weighted by Gasteiger charge is 2.03. The SMILES string of the molecule is CCS(=O)(=O)NCCN=C(N)Nc1ccccn1.I. The van der Waals surface area contributed by atoms with Crippen molar-refractivity contribution in [3.05, 3.63) is 24.4 Å². The maximum Gasteiger partial charge on any atom is 0.211 e. The standard InChI is InChI=1S/C10H17N5O2S.HI/c1-2-18(16,17)14-8-7-13-10(11)15-9-5-3-4-6-12-9;/h3-6,14H,2,7-8H2,1H3,(H3,11,12,13,15);1H. The number of guanidine groups is 1. The Labute approximate surface area is 130 Å². The maximum absolute atomic E-state index is 11.1. The minimum absolute atomic E-state index is 0. The molecule has 0 spiro atoms. The zero-order valence-electron chi connectivity index (χ0n) is 10.5. The van der Waals surface area contributed by atoms with Gasteiger partial charge in [-0.2, -0.15) is 0 Å². The molecule has 7 nitrogen and oxygen atoms in total. The Balaban J connectivity index is 0.00000324. The lowest BCUT2D eigenvalue weighted by Gasteiger charge is -2.05. The van der Waals surface area contributed by atoms with Gasteiger partial charge >= 0.3 is 0 Å². The van der Waals surface area contributed by atoms with Crippen LogP contribution in [0.2, 0.25) is 0 Å². The van der Waals surface area contributed by atoms with Gasteiger partial charge in [0, 0.05) is 12.7 Å². The van der Waals surface area contributed by atoms with Crippen LogP contribution in [0, 0.1) is 0 Å². The minimum Gasteiger partial charge on any atom is -0.370 e. The first kappa shape index (κ1) is 18.1. The summed E-state index contributed by atoms with van der Waals surface area (Å²) in [6.45, 7) is 2.06. The molecule has 19 heavy (non-hydrogen) atoms. The van der Waals surface area contributed by atoms with E-state index in [4.69, 9.17) is 5.73 Å². The van der Waals surface area contributed by atoms with Crippen LogP contribution in [-0.2, 0) is 10.0 Å². The molecule has 108 valence electrons. The van der Waals surface area contributed by atoms with Gasteiger partial charge in [-0.05, 0) is 19.1 Å². The van der Waals surface area contributed by atoms with E-state index < -0.39 is 10.0 Å². The van der Waals surface area contributed by atoms with Crippen molar-refractivity contribution >= 4 is 45.8 Å². The van der Waals surface area contributed by atoms with Gasteiger partial charge in [0.15, 0.2) is 5.96 Å². The average Bonchev–Trinajstić information content (AvgIpc) is 2.36. The Kier molecular flexibility index (Phi) is 8.59. The van der Waals surface area contributed by atoms with Crippen LogP contribution in [0.1, 0.15) is 6.92 Å². The third kappa shape index (κ3) is 7.95. The molecule has 0 amide bonds. The van der Waals surface area contributed by atoms with E-state index in [1.807, 2.05) is 6.07 Å². The predicted molar refractivity (Wildman–Crippen MR) is 87.2 cm³/mol. The Hall–Kier alpha value is -0.940. The molecule has 0 atom stereocenters. The minimum atomic E-state index is -3.17. The van der Waals surface area contributed by atoms with E-state index in [0.717, 1.165) is 0 Å². The van der Waals surface area contributed by atoms with Crippen molar-refractivity contribution < 1.29 is 8.42 Å². The van der Waals surface area contributed by atoms with E-state index in [1.165, 1.54) is 0 Å². The molecule has 0 bridgehead atoms. The average molecular weight is 399 g/mol. The molecule has 0 fully saturated rings. The highest BCUT2D eigenvalue weighted by molar-refractivity contribution is 14.0. The number of nitrogens with two attached hydrogens (primary N) is 1. The van der Waals surface area contributed by atoms with Crippen molar-refractivity contribution in [2.24, 2.45) is 10.7 Å². The lowest BCUT2D eigenvalue weighted by molar-refractivity contribution is 0.583. The number of sulfonamides is 1. The van der Waals surface area contributed by atoms with Gasteiger partial charge in [-0.3, -0.25) is 4.99 Å². The maximum atomic E-state index is 11.1. The third-order valence-electron chi connectivity index (χ3n) is 2.02. The number of nitrogens with one attached hydrogen (secondary N) is 2. The number of aliphatic imine (C=N–C) groups is 1. The fraction of sp³-hybridized carbons (Fsp3) is 0.400. The molecule has 0 aromatic carbocycles. The molecular weight excluding hydrogens is 381 g/mol. The molecular formula is C10H18IN5O2S. The van der Waals surface area contributed by atoms with Crippen molar-refractivity contribution in [3.8, 4) is 0 Å². The summed E-state index contributed by atoms with van der Waals surface area (Å²) in [7, 11) is -3.17. The molecule has 1 rings (SSSR count). The Bertz CT molecular complexity index is 492. The Morgan fingerprint density at radius 3 is 2.79 bits per heavy atom. The van der Waals surface area contributed by atoms with Gasteiger partial charge in [0.25, 0.3) is 0 Å². The third-order valence-corrected chi connectivity index (χ3v) is 3.42. The summed E-state index contributed by atoms with van der Waals surface area (Å²) < 4.78 is 24.6. The van der Waals surface area contributed by atoms with Crippen molar-refractivity contribution in [2.75, 3.05) is 24.2 Å². The molecule has 4 N–H and O–H groups in total. The van der Waals surface area contributed by atoms with Gasteiger partial charge in [0.1, 0.15) is 5.82 Å². The second kappa shape index (κ2) is 9.04. The van der Waals surface area contributed by atoms with E-state index in [2.05, 4.69) is 20.0 Å². The Morgan fingerprint density at radius 1 is 1.47 bits per heavy atom. The van der Waals surface area contributed by atoms with Crippen LogP contribution in [0.3, 0.4) is 0 Å². The molecule has 0 aliphatic carbocycles. The number of aromatic nitrogens is 1. The second-order valence-electron chi connectivity index (χ2n) is 3.40. The summed E-state index contributed by atoms with van der Waals surface area (Å²) in [4.78, 5) is 7.99. The van der Waals surface area contributed by atoms with Crippen molar-refractivity contribution in [1.82, 2.24) is 9.71 Å². The van der Waals surface area contributed by atoms with Gasteiger partial charge < -0.3 is 11.1 Å². The van der Waals surface area contributed by atoms with Crippen LogP contribution in [0.5, 0.6) is 0 Å². The van der Waals surface area contributed by atoms with E-state index in [1.54, 1.807) is 25.3 Å². The largest absolute Gasteiger partial charge is 0.370 e. The number of halogens is 1. The van der Waals surface area contributed by atoms with Crippen molar-refractivity contribution in [1.29, 1.82) is 0 Å². The molecule has 0 radical (unpaired) electrons. The van der Waals surface area contributed by atoms with E-state index >= 15 is 0 Å². The summed E-state index contributed by atoms with van der Waals surface area (Å²) in [5, 5.41) is 2.79. The topological polar surface area (TPSA) is 109 Å².